The highest BCUT2D eigenvalue weighted by Gasteiger charge is 2.23. The molecule has 1 saturated heterocycles. The van der Waals surface area contributed by atoms with Crippen molar-refractivity contribution in [2.24, 2.45) is 0 Å². The van der Waals surface area contributed by atoms with E-state index in [9.17, 15) is 4.79 Å². The van der Waals surface area contributed by atoms with Crippen molar-refractivity contribution in [1.82, 2.24) is 10.2 Å². The summed E-state index contributed by atoms with van der Waals surface area (Å²) in [6, 6.07) is 8.30. The first-order valence-corrected chi connectivity index (χ1v) is 9.29. The van der Waals surface area contributed by atoms with Gasteiger partial charge < -0.3 is 10.1 Å². The number of hydrogen-bond acceptors (Lipinski definition) is 4. The Morgan fingerprint density at radius 3 is 2.75 bits per heavy atom. The minimum Gasteiger partial charge on any atom is -0.379 e. The van der Waals surface area contributed by atoms with Gasteiger partial charge in [0.15, 0.2) is 0 Å². The lowest BCUT2D eigenvalue weighted by Crippen LogP contribution is -2.43. The number of nitrogens with zero attached hydrogens (tertiary/aromatic N) is 1. The zero-order chi connectivity index (χ0) is 16.9. The van der Waals surface area contributed by atoms with Crippen LogP contribution < -0.4 is 5.32 Å². The zero-order valence-corrected chi connectivity index (χ0v) is 15.1. The van der Waals surface area contributed by atoms with Crippen LogP contribution in [-0.2, 0) is 4.74 Å². The molecule has 0 bridgehead atoms. The van der Waals surface area contributed by atoms with E-state index in [1.54, 1.807) is 11.3 Å². The van der Waals surface area contributed by atoms with Crippen LogP contribution in [-0.4, -0.2) is 43.7 Å². The summed E-state index contributed by atoms with van der Waals surface area (Å²) >= 11 is 1.70. The van der Waals surface area contributed by atoms with E-state index in [2.05, 4.69) is 27.0 Å². The molecule has 1 aromatic heterocycles. The number of carbonyl (C=O) groups excluding carboxylic acids is 1. The summed E-state index contributed by atoms with van der Waals surface area (Å²) in [4.78, 5) is 15.0. The number of aryl methyl sites for hydroxylation is 2. The molecule has 0 radical (unpaired) electrons. The summed E-state index contributed by atoms with van der Waals surface area (Å²) in [5, 5.41) is 7.39. The third-order valence-corrected chi connectivity index (χ3v) is 5.20. The quantitative estimate of drug-likeness (QED) is 0.906. The van der Waals surface area contributed by atoms with Crippen molar-refractivity contribution in [3.05, 3.63) is 57.3 Å². The molecule has 4 nitrogen and oxygen atoms in total. The Hall–Kier alpha value is -1.69. The van der Waals surface area contributed by atoms with Crippen LogP contribution in [0.15, 0.2) is 35.0 Å². The Balaban J connectivity index is 1.70. The Kier molecular flexibility index (Phi) is 5.66. The van der Waals surface area contributed by atoms with E-state index in [-0.39, 0.29) is 11.9 Å². The van der Waals surface area contributed by atoms with Crippen LogP contribution in [0.4, 0.5) is 0 Å². The number of morpholine rings is 1. The van der Waals surface area contributed by atoms with Crippen LogP contribution in [0.3, 0.4) is 0 Å². The van der Waals surface area contributed by atoms with Crippen LogP contribution in [0, 0.1) is 13.8 Å². The second-order valence-corrected chi connectivity index (χ2v) is 7.03. The lowest BCUT2D eigenvalue weighted by molar-refractivity contribution is 0.0163. The fraction of sp³-hybridized carbons (Fsp3) is 0.421. The maximum Gasteiger partial charge on any atom is 0.251 e. The average Bonchev–Trinajstić information content (AvgIpc) is 3.10. The second-order valence-electron chi connectivity index (χ2n) is 6.25. The third kappa shape index (κ3) is 4.04. The van der Waals surface area contributed by atoms with Crippen molar-refractivity contribution in [3.63, 3.8) is 0 Å². The smallest absolute Gasteiger partial charge is 0.251 e. The van der Waals surface area contributed by atoms with Crippen LogP contribution in [0.2, 0.25) is 0 Å². The highest BCUT2D eigenvalue weighted by atomic mass is 32.1. The number of thiophene rings is 1. The lowest BCUT2D eigenvalue weighted by Gasteiger charge is -2.34. The minimum atomic E-state index is 0.000916. The topological polar surface area (TPSA) is 41.6 Å². The Labute approximate surface area is 147 Å². The summed E-state index contributed by atoms with van der Waals surface area (Å²) in [6.45, 7) is 7.96. The molecular formula is C19H24N2O2S. The van der Waals surface area contributed by atoms with Gasteiger partial charge in [-0.25, -0.2) is 0 Å². The third-order valence-electron chi connectivity index (χ3n) is 4.50. The van der Waals surface area contributed by atoms with Crippen LogP contribution in [0.25, 0.3) is 0 Å². The first-order chi connectivity index (χ1) is 11.6. The maximum absolute atomic E-state index is 12.6. The normalized spacial score (nSPS) is 16.8. The molecule has 2 aromatic rings. The zero-order valence-electron chi connectivity index (χ0n) is 14.2. The van der Waals surface area contributed by atoms with Crippen LogP contribution in [0.1, 0.15) is 33.1 Å². The molecule has 0 aliphatic carbocycles. The highest BCUT2D eigenvalue weighted by Crippen LogP contribution is 2.23. The number of rotatable bonds is 5. The predicted molar refractivity (Wildman–Crippen MR) is 97.7 cm³/mol. The molecule has 1 aliphatic rings. The van der Waals surface area contributed by atoms with Crippen LogP contribution >= 0.6 is 11.3 Å². The van der Waals surface area contributed by atoms with E-state index >= 15 is 0 Å². The number of benzene rings is 1. The molecule has 5 heteroatoms. The molecule has 0 saturated carbocycles. The molecule has 1 aromatic carbocycles. The molecule has 3 rings (SSSR count). The summed E-state index contributed by atoms with van der Waals surface area (Å²) in [7, 11) is 0. The number of nitrogens with one attached hydrogen (secondary N) is 1. The molecule has 1 fully saturated rings. The van der Waals surface area contributed by atoms with Gasteiger partial charge in [-0.15, -0.1) is 0 Å². The molecule has 24 heavy (non-hydrogen) atoms. The molecule has 1 N–H and O–H groups in total. The van der Waals surface area contributed by atoms with Gasteiger partial charge in [-0.1, -0.05) is 17.7 Å². The van der Waals surface area contributed by atoms with E-state index in [1.807, 2.05) is 32.0 Å². The summed E-state index contributed by atoms with van der Waals surface area (Å²) in [6.07, 6.45) is 0. The molecule has 1 aliphatic heterocycles. The van der Waals surface area contributed by atoms with Gasteiger partial charge in [0.25, 0.3) is 5.91 Å². The average molecular weight is 344 g/mol. The highest BCUT2D eigenvalue weighted by molar-refractivity contribution is 7.07. The minimum absolute atomic E-state index is 0.000916. The summed E-state index contributed by atoms with van der Waals surface area (Å²) in [5.74, 6) is 0.000916. The van der Waals surface area contributed by atoms with E-state index < -0.39 is 0 Å². The number of ether oxygens (including phenoxy) is 1. The number of carbonyl (C=O) groups is 1. The number of amides is 1. The molecular weight excluding hydrogens is 320 g/mol. The molecule has 0 spiro atoms. The molecule has 2 heterocycles. The SMILES string of the molecule is Cc1ccc(C(=O)NCC(c2ccsc2)N2CCOCC2)c(C)c1. The van der Waals surface area contributed by atoms with Gasteiger partial charge in [-0.3, -0.25) is 9.69 Å². The van der Waals surface area contributed by atoms with Gasteiger partial charge in [0, 0.05) is 25.2 Å². The first kappa shape index (κ1) is 17.1. The van der Waals surface area contributed by atoms with Gasteiger partial charge in [-0.05, 0) is 47.9 Å². The van der Waals surface area contributed by atoms with Gasteiger partial charge in [0.2, 0.25) is 0 Å². The molecule has 128 valence electrons. The van der Waals surface area contributed by atoms with Gasteiger partial charge in [0.05, 0.1) is 19.3 Å². The summed E-state index contributed by atoms with van der Waals surface area (Å²) < 4.78 is 5.46. The van der Waals surface area contributed by atoms with E-state index in [4.69, 9.17) is 4.74 Å². The van der Waals surface area contributed by atoms with Gasteiger partial charge in [-0.2, -0.15) is 11.3 Å². The van der Waals surface area contributed by atoms with Crippen molar-refractivity contribution >= 4 is 17.2 Å². The summed E-state index contributed by atoms with van der Waals surface area (Å²) in [5.41, 5.74) is 4.22. The second kappa shape index (κ2) is 7.92. The largest absolute Gasteiger partial charge is 0.379 e. The molecule has 1 unspecified atom stereocenters. The lowest BCUT2D eigenvalue weighted by atomic mass is 10.0. The van der Waals surface area contributed by atoms with E-state index in [1.165, 1.54) is 11.1 Å². The molecule has 1 amide bonds. The van der Waals surface area contributed by atoms with Crippen molar-refractivity contribution in [3.8, 4) is 0 Å². The predicted octanol–water partition coefficient (Wildman–Crippen LogP) is 3.17. The van der Waals surface area contributed by atoms with Gasteiger partial charge >= 0.3 is 0 Å². The Morgan fingerprint density at radius 1 is 1.29 bits per heavy atom. The van der Waals surface area contributed by atoms with E-state index in [0.717, 1.165) is 37.4 Å². The first-order valence-electron chi connectivity index (χ1n) is 8.34. The van der Waals surface area contributed by atoms with Crippen molar-refractivity contribution in [2.45, 2.75) is 19.9 Å². The van der Waals surface area contributed by atoms with Crippen molar-refractivity contribution in [1.29, 1.82) is 0 Å². The number of hydrogen-bond donors (Lipinski definition) is 1. The van der Waals surface area contributed by atoms with Crippen LogP contribution in [0.5, 0.6) is 0 Å². The molecule has 1 atom stereocenters. The van der Waals surface area contributed by atoms with Crippen molar-refractivity contribution < 1.29 is 9.53 Å². The van der Waals surface area contributed by atoms with Gasteiger partial charge in [0.1, 0.15) is 0 Å². The maximum atomic E-state index is 12.6. The Morgan fingerprint density at radius 2 is 2.08 bits per heavy atom. The fourth-order valence-electron chi connectivity index (χ4n) is 3.16. The Bertz CT molecular complexity index is 679. The fourth-order valence-corrected chi connectivity index (χ4v) is 3.87. The monoisotopic (exact) mass is 344 g/mol. The van der Waals surface area contributed by atoms with E-state index in [0.29, 0.717) is 6.54 Å². The van der Waals surface area contributed by atoms with Crippen molar-refractivity contribution in [2.75, 3.05) is 32.8 Å². The standard InChI is InChI=1S/C19H24N2O2S/c1-14-3-4-17(15(2)11-14)19(22)20-12-18(16-5-10-24-13-16)21-6-8-23-9-7-21/h3-5,10-11,13,18H,6-9,12H2,1-2H3,(H,20,22).